The average molecular weight is 340 g/mol. The monoisotopic (exact) mass is 339 g/mol. The first-order valence-electron chi connectivity index (χ1n) is 7.82. The normalized spacial score (nSPS) is 15.0. The molecule has 0 radical (unpaired) electrons. The number of nitrogens with two attached hydrogens (primary N) is 1. The van der Waals surface area contributed by atoms with Crippen molar-refractivity contribution < 1.29 is 9.90 Å². The summed E-state index contributed by atoms with van der Waals surface area (Å²) in [5.41, 5.74) is 10.9. The molecule has 1 aliphatic carbocycles. The average Bonchev–Trinajstić information content (AvgIpc) is 2.81. The van der Waals surface area contributed by atoms with Crippen molar-refractivity contribution in [3.63, 3.8) is 0 Å². The fourth-order valence-corrected chi connectivity index (χ4v) is 3.46. The van der Waals surface area contributed by atoms with E-state index in [2.05, 4.69) is 0 Å². The first kappa shape index (κ1) is 16.3. The van der Waals surface area contributed by atoms with E-state index in [1.165, 1.54) is 0 Å². The van der Waals surface area contributed by atoms with E-state index in [4.69, 9.17) is 17.3 Å². The number of primary amides is 1. The lowest BCUT2D eigenvalue weighted by Crippen LogP contribution is -2.11. The Bertz CT molecular complexity index is 881. The molecule has 1 aliphatic rings. The van der Waals surface area contributed by atoms with Gasteiger partial charge in [-0.25, -0.2) is 0 Å². The van der Waals surface area contributed by atoms with Gasteiger partial charge in [-0.3, -0.25) is 4.79 Å². The van der Waals surface area contributed by atoms with Crippen LogP contribution in [0.3, 0.4) is 0 Å². The van der Waals surface area contributed by atoms with Gasteiger partial charge in [-0.15, -0.1) is 0 Å². The predicted octanol–water partition coefficient (Wildman–Crippen LogP) is 4.64. The van der Waals surface area contributed by atoms with Crippen LogP contribution in [0.1, 0.15) is 36.5 Å². The number of benzene rings is 2. The SMILES string of the molecule is CCC1=C(CC(N)=O)c2c(O)cccc2/C1=C\c1cccc(Cl)c1. The zero-order valence-electron chi connectivity index (χ0n) is 13.3. The Morgan fingerprint density at radius 3 is 2.62 bits per heavy atom. The summed E-state index contributed by atoms with van der Waals surface area (Å²) in [4.78, 5) is 11.5. The van der Waals surface area contributed by atoms with Gasteiger partial charge in [-0.05, 0) is 58.5 Å². The van der Waals surface area contributed by atoms with E-state index in [-0.39, 0.29) is 12.2 Å². The lowest BCUT2D eigenvalue weighted by Gasteiger charge is -2.07. The van der Waals surface area contributed by atoms with Crippen molar-refractivity contribution in [1.82, 2.24) is 0 Å². The molecule has 0 aliphatic heterocycles. The van der Waals surface area contributed by atoms with Gasteiger partial charge in [0.1, 0.15) is 5.75 Å². The van der Waals surface area contributed by atoms with Crippen molar-refractivity contribution in [2.24, 2.45) is 5.73 Å². The number of hydrogen-bond acceptors (Lipinski definition) is 2. The van der Waals surface area contributed by atoms with E-state index in [1.54, 1.807) is 12.1 Å². The number of hydrogen-bond donors (Lipinski definition) is 2. The van der Waals surface area contributed by atoms with Crippen LogP contribution in [0.15, 0.2) is 48.0 Å². The number of phenols is 1. The molecule has 0 saturated heterocycles. The second kappa shape index (κ2) is 6.54. The van der Waals surface area contributed by atoms with E-state index in [9.17, 15) is 9.90 Å². The molecule has 24 heavy (non-hydrogen) atoms. The predicted molar refractivity (Wildman–Crippen MR) is 98.5 cm³/mol. The van der Waals surface area contributed by atoms with Crippen molar-refractivity contribution >= 4 is 34.7 Å². The summed E-state index contributed by atoms with van der Waals surface area (Å²) in [5, 5.41) is 11.0. The third-order valence-corrected chi connectivity index (χ3v) is 4.42. The molecule has 3 N–H and O–H groups in total. The molecule has 2 aromatic carbocycles. The summed E-state index contributed by atoms with van der Waals surface area (Å²) in [7, 11) is 0. The van der Waals surface area contributed by atoms with Crippen molar-refractivity contribution in [3.05, 3.63) is 69.8 Å². The molecule has 0 spiro atoms. The first-order chi connectivity index (χ1) is 11.5. The summed E-state index contributed by atoms with van der Waals surface area (Å²) in [6.07, 6.45) is 2.89. The van der Waals surface area contributed by atoms with Gasteiger partial charge >= 0.3 is 0 Å². The summed E-state index contributed by atoms with van der Waals surface area (Å²) in [5.74, 6) is -0.238. The standard InChI is InChI=1S/C20H18ClNO2/c1-2-14-16(10-12-5-3-6-13(21)9-12)15-7-4-8-18(23)20(15)17(14)11-19(22)24/h3-10,23H,2,11H2,1H3,(H2,22,24)/b16-10-. The van der Waals surface area contributed by atoms with Gasteiger partial charge < -0.3 is 10.8 Å². The lowest BCUT2D eigenvalue weighted by molar-refractivity contribution is -0.117. The molecule has 1 amide bonds. The van der Waals surface area contributed by atoms with Crippen molar-refractivity contribution in [1.29, 1.82) is 0 Å². The van der Waals surface area contributed by atoms with Gasteiger partial charge in [-0.1, -0.05) is 42.8 Å². The number of aromatic hydroxyl groups is 1. The number of carbonyl (C=O) groups excluding carboxylic acids is 1. The van der Waals surface area contributed by atoms with Gasteiger partial charge in [0.15, 0.2) is 0 Å². The number of halogens is 1. The highest BCUT2D eigenvalue weighted by molar-refractivity contribution is 6.30. The molecule has 0 aromatic heterocycles. The van der Waals surface area contributed by atoms with Gasteiger partial charge in [0.2, 0.25) is 5.91 Å². The van der Waals surface area contributed by atoms with Crippen LogP contribution in [0.5, 0.6) is 5.75 Å². The Hall–Kier alpha value is -2.52. The zero-order chi connectivity index (χ0) is 17.3. The van der Waals surface area contributed by atoms with Crippen molar-refractivity contribution in [3.8, 4) is 5.75 Å². The minimum absolute atomic E-state index is 0.112. The number of carbonyl (C=O) groups is 1. The third kappa shape index (κ3) is 2.95. The van der Waals surface area contributed by atoms with Crippen LogP contribution in [-0.2, 0) is 4.79 Å². The van der Waals surface area contributed by atoms with Gasteiger partial charge in [-0.2, -0.15) is 0 Å². The molecule has 0 atom stereocenters. The van der Waals surface area contributed by atoms with E-state index >= 15 is 0 Å². The molecular weight excluding hydrogens is 322 g/mol. The fourth-order valence-electron chi connectivity index (χ4n) is 3.26. The number of allylic oxidation sites excluding steroid dienone is 2. The van der Waals surface area contributed by atoms with Crippen LogP contribution >= 0.6 is 11.6 Å². The highest BCUT2D eigenvalue weighted by Gasteiger charge is 2.28. The molecule has 0 unspecified atom stereocenters. The maximum Gasteiger partial charge on any atom is 0.221 e. The van der Waals surface area contributed by atoms with Crippen LogP contribution in [0.4, 0.5) is 0 Å². The maximum absolute atomic E-state index is 11.5. The Morgan fingerprint density at radius 1 is 1.21 bits per heavy atom. The van der Waals surface area contributed by atoms with Gasteiger partial charge in [0.05, 0.1) is 6.42 Å². The highest BCUT2D eigenvalue weighted by Crippen LogP contribution is 2.48. The lowest BCUT2D eigenvalue weighted by atomic mass is 9.98. The van der Waals surface area contributed by atoms with Crippen LogP contribution in [0, 0.1) is 0 Å². The Kier molecular flexibility index (Phi) is 4.45. The summed E-state index contributed by atoms with van der Waals surface area (Å²) >= 11 is 6.08. The molecule has 3 nitrogen and oxygen atoms in total. The Morgan fingerprint density at radius 2 is 1.96 bits per heavy atom. The molecule has 0 saturated carbocycles. The first-order valence-corrected chi connectivity index (χ1v) is 8.19. The Labute approximate surface area is 146 Å². The van der Waals surface area contributed by atoms with Gasteiger partial charge in [0.25, 0.3) is 0 Å². The largest absolute Gasteiger partial charge is 0.507 e. The molecule has 2 aromatic rings. The number of rotatable bonds is 4. The smallest absolute Gasteiger partial charge is 0.221 e. The topological polar surface area (TPSA) is 63.3 Å². The second-order valence-corrected chi connectivity index (χ2v) is 6.20. The van der Waals surface area contributed by atoms with E-state index < -0.39 is 5.91 Å². The number of phenolic OH excluding ortho intramolecular Hbond substituents is 1. The van der Waals surface area contributed by atoms with Crippen LogP contribution < -0.4 is 5.73 Å². The van der Waals surface area contributed by atoms with Crippen LogP contribution in [-0.4, -0.2) is 11.0 Å². The minimum Gasteiger partial charge on any atom is -0.507 e. The van der Waals surface area contributed by atoms with Crippen molar-refractivity contribution in [2.75, 3.05) is 0 Å². The molecule has 0 bridgehead atoms. The molecule has 0 heterocycles. The van der Waals surface area contributed by atoms with Crippen LogP contribution in [0.2, 0.25) is 5.02 Å². The maximum atomic E-state index is 11.5. The molecule has 122 valence electrons. The van der Waals surface area contributed by atoms with E-state index in [1.807, 2.05) is 43.3 Å². The fraction of sp³-hybridized carbons (Fsp3) is 0.150. The second-order valence-electron chi connectivity index (χ2n) is 5.77. The summed E-state index contributed by atoms with van der Waals surface area (Å²) < 4.78 is 0. The quantitative estimate of drug-likeness (QED) is 0.852. The minimum atomic E-state index is -0.408. The molecule has 4 heteroatoms. The van der Waals surface area contributed by atoms with Crippen LogP contribution in [0.25, 0.3) is 17.2 Å². The molecule has 3 rings (SSSR count). The highest BCUT2D eigenvalue weighted by atomic mass is 35.5. The third-order valence-electron chi connectivity index (χ3n) is 4.19. The summed E-state index contributed by atoms with van der Waals surface area (Å²) in [6.45, 7) is 2.03. The zero-order valence-corrected chi connectivity index (χ0v) is 14.1. The number of fused-ring (bicyclic) bond motifs is 1. The van der Waals surface area contributed by atoms with E-state index in [0.717, 1.165) is 34.3 Å². The number of amides is 1. The van der Waals surface area contributed by atoms with Gasteiger partial charge in [0, 0.05) is 10.6 Å². The van der Waals surface area contributed by atoms with Crippen molar-refractivity contribution in [2.45, 2.75) is 19.8 Å². The molecular formula is C20H18ClNO2. The summed E-state index contributed by atoms with van der Waals surface area (Å²) in [6, 6.07) is 13.0. The van der Waals surface area contributed by atoms with E-state index in [0.29, 0.717) is 10.6 Å². The Balaban J connectivity index is 2.24. The molecule has 0 fully saturated rings.